The number of nitrogens with one attached hydrogen (secondary N) is 1. The van der Waals surface area contributed by atoms with E-state index in [0.717, 1.165) is 89.9 Å². The van der Waals surface area contributed by atoms with Gasteiger partial charge >= 0.3 is 0 Å². The Morgan fingerprint density at radius 1 is 0.417 bits per heavy atom. The van der Waals surface area contributed by atoms with Crippen molar-refractivity contribution >= 4 is 5.91 Å². The van der Waals surface area contributed by atoms with E-state index in [1.165, 1.54) is 193 Å². The van der Waals surface area contributed by atoms with Gasteiger partial charge in [-0.3, -0.25) is 4.79 Å². The number of aliphatic hydroxyl groups excluding tert-OH is 5. The predicted octanol–water partition coefficient (Wildman–Crippen LogP) is 19.2. The van der Waals surface area contributed by atoms with Crippen molar-refractivity contribution in [2.75, 3.05) is 13.2 Å². The van der Waals surface area contributed by atoms with Gasteiger partial charge in [-0.15, -0.1) is 0 Å². The molecule has 9 heteroatoms. The summed E-state index contributed by atoms with van der Waals surface area (Å²) in [7, 11) is 0. The molecule has 7 unspecified atom stereocenters. The maximum absolute atomic E-state index is 13.1. The lowest BCUT2D eigenvalue weighted by Crippen LogP contribution is -2.60. The number of carbonyl (C=O) groups excluding carboxylic acids is 1. The van der Waals surface area contributed by atoms with Crippen LogP contribution in [0.25, 0.3) is 0 Å². The molecule has 0 aliphatic carbocycles. The fourth-order valence-corrected chi connectivity index (χ4v) is 10.6. The second kappa shape index (κ2) is 62.9. The molecular weight excluding hydrogens is 1040 g/mol. The van der Waals surface area contributed by atoms with E-state index in [1.807, 2.05) is 6.08 Å². The van der Waals surface area contributed by atoms with Crippen LogP contribution in [0.2, 0.25) is 0 Å². The van der Waals surface area contributed by atoms with Crippen LogP contribution in [0.5, 0.6) is 0 Å². The first-order valence-electron chi connectivity index (χ1n) is 35.1. The molecule has 0 aromatic carbocycles. The lowest BCUT2D eigenvalue weighted by molar-refractivity contribution is -0.302. The minimum Gasteiger partial charge on any atom is -0.394 e. The third-order valence-corrected chi connectivity index (χ3v) is 16.1. The third-order valence-electron chi connectivity index (χ3n) is 16.1. The monoisotopic (exact) mass is 1170 g/mol. The fourth-order valence-electron chi connectivity index (χ4n) is 10.6. The van der Waals surface area contributed by atoms with Crippen molar-refractivity contribution in [1.29, 1.82) is 0 Å². The van der Waals surface area contributed by atoms with Gasteiger partial charge in [0.05, 0.1) is 25.4 Å². The lowest BCUT2D eigenvalue weighted by Gasteiger charge is -2.40. The van der Waals surface area contributed by atoms with Crippen LogP contribution in [-0.4, -0.2) is 87.5 Å². The van der Waals surface area contributed by atoms with Gasteiger partial charge < -0.3 is 40.3 Å². The number of allylic oxidation sites excluding steroid dienone is 17. The van der Waals surface area contributed by atoms with Crippen LogP contribution in [0.3, 0.4) is 0 Å². The molecule has 1 aliphatic heterocycles. The number of rotatable bonds is 60. The maximum atomic E-state index is 13.1. The molecule has 1 amide bonds. The van der Waals surface area contributed by atoms with Gasteiger partial charge in [-0.25, -0.2) is 0 Å². The Kier molecular flexibility index (Phi) is 59.0. The molecule has 1 saturated heterocycles. The number of aliphatic hydroxyl groups is 5. The number of carbonyl (C=O) groups is 1. The molecule has 0 spiro atoms. The van der Waals surface area contributed by atoms with E-state index >= 15 is 0 Å². The van der Waals surface area contributed by atoms with Crippen LogP contribution in [0.4, 0.5) is 0 Å². The van der Waals surface area contributed by atoms with Crippen molar-refractivity contribution in [1.82, 2.24) is 5.32 Å². The zero-order chi connectivity index (χ0) is 60.7. The largest absolute Gasteiger partial charge is 0.394 e. The first-order chi connectivity index (χ1) is 41.3. The van der Waals surface area contributed by atoms with Crippen LogP contribution in [0, 0.1) is 0 Å². The first-order valence-corrected chi connectivity index (χ1v) is 35.1. The van der Waals surface area contributed by atoms with Gasteiger partial charge in [0.25, 0.3) is 0 Å². The number of unbranched alkanes of at least 4 members (excludes halogenated alkanes) is 34. The summed E-state index contributed by atoms with van der Waals surface area (Å²) in [5.41, 5.74) is 0. The highest BCUT2D eigenvalue weighted by Crippen LogP contribution is 2.23. The van der Waals surface area contributed by atoms with E-state index in [-0.39, 0.29) is 12.5 Å². The molecule has 1 rings (SSSR count). The minimum atomic E-state index is -1.57. The molecule has 1 heterocycles. The van der Waals surface area contributed by atoms with Gasteiger partial charge in [0.15, 0.2) is 6.29 Å². The highest BCUT2D eigenvalue weighted by molar-refractivity contribution is 5.76. The SMILES string of the molecule is CC/C=C\C/C=C\C/C=C\C/C=C\C/C=C\C/C=C\C/C=C\C/C=C\CCCCCCCCCCCCCCCCC(=O)NC(COC1OC(CO)C(O)C(O)C1O)C(O)/C=C/CCCCCCCCCCCCCCCCCCCCCC. The van der Waals surface area contributed by atoms with Gasteiger partial charge in [-0.1, -0.05) is 322 Å². The second-order valence-electron chi connectivity index (χ2n) is 23.9. The number of hydrogen-bond acceptors (Lipinski definition) is 8. The van der Waals surface area contributed by atoms with Gasteiger partial charge in [0.2, 0.25) is 5.91 Å². The van der Waals surface area contributed by atoms with Crippen LogP contribution in [0.15, 0.2) is 109 Å². The van der Waals surface area contributed by atoms with Crippen LogP contribution in [0.1, 0.15) is 303 Å². The molecule has 9 nitrogen and oxygen atoms in total. The van der Waals surface area contributed by atoms with Gasteiger partial charge in [-0.05, 0) is 83.5 Å². The zero-order valence-electron chi connectivity index (χ0n) is 54.1. The van der Waals surface area contributed by atoms with Crippen LogP contribution < -0.4 is 5.32 Å². The van der Waals surface area contributed by atoms with E-state index in [9.17, 15) is 30.3 Å². The van der Waals surface area contributed by atoms with Crippen molar-refractivity contribution in [2.45, 2.75) is 346 Å². The fraction of sp³-hybridized carbons (Fsp3) is 0.747. The zero-order valence-corrected chi connectivity index (χ0v) is 54.1. The van der Waals surface area contributed by atoms with Crippen molar-refractivity contribution in [3.8, 4) is 0 Å². The molecule has 6 N–H and O–H groups in total. The van der Waals surface area contributed by atoms with Crippen LogP contribution >= 0.6 is 0 Å². The van der Waals surface area contributed by atoms with Gasteiger partial charge in [0.1, 0.15) is 24.4 Å². The summed E-state index contributed by atoms with van der Waals surface area (Å²) >= 11 is 0. The molecule has 1 fully saturated rings. The first kappa shape index (κ1) is 78.9. The van der Waals surface area contributed by atoms with Crippen molar-refractivity contribution < 1.29 is 39.8 Å². The summed E-state index contributed by atoms with van der Waals surface area (Å²) < 4.78 is 11.3. The highest BCUT2D eigenvalue weighted by Gasteiger charge is 2.44. The molecule has 0 aromatic heterocycles. The summed E-state index contributed by atoms with van der Waals surface area (Å²) in [6.45, 7) is 3.69. The summed E-state index contributed by atoms with van der Waals surface area (Å²) in [6.07, 6.45) is 86.1. The highest BCUT2D eigenvalue weighted by atomic mass is 16.7. The Morgan fingerprint density at radius 3 is 1.10 bits per heavy atom. The summed E-state index contributed by atoms with van der Waals surface area (Å²) in [5.74, 6) is -0.178. The smallest absolute Gasteiger partial charge is 0.220 e. The molecule has 0 radical (unpaired) electrons. The quantitative estimate of drug-likeness (QED) is 0.0261. The lowest BCUT2D eigenvalue weighted by atomic mass is 9.99. The standard InChI is InChI=1S/C75H131NO8/c1-3-5-7-9-11-13-15-17-19-21-23-25-27-28-29-30-31-32-33-34-35-36-37-38-39-40-41-42-43-45-47-49-51-53-55-57-59-61-63-65-71(79)76-68(67-83-75-74(82)73(81)72(80)70(66-77)84-75)69(78)64-62-60-58-56-54-52-50-48-46-44-26-24-22-20-18-16-14-12-10-8-6-4-2/h5,7,11,13,17,19,23,25,28-29,31-32,34-35,37-38,62,64,68-70,72-75,77-78,80-82H,3-4,6,8-10,12,14-16,18,20-22,24,26-27,30,33,36,39-61,63,65-67H2,1-2H3,(H,76,79)/b7-5-,13-11-,19-17-,25-23-,29-28-,32-31-,35-34-,38-37-,64-62+. The van der Waals surface area contributed by atoms with E-state index in [0.29, 0.717) is 6.42 Å². The van der Waals surface area contributed by atoms with Gasteiger partial charge in [-0.2, -0.15) is 0 Å². The summed E-state index contributed by atoms with van der Waals surface area (Å²) in [6, 6.07) is -0.812. The third kappa shape index (κ3) is 50.9. The number of hydrogen-bond donors (Lipinski definition) is 6. The Bertz CT molecular complexity index is 1690. The Labute approximate surface area is 516 Å². The Balaban J connectivity index is 2.12. The van der Waals surface area contributed by atoms with E-state index in [2.05, 4.69) is 116 Å². The normalized spacial score (nSPS) is 18.9. The topological polar surface area (TPSA) is 149 Å². The average Bonchev–Trinajstić information content (AvgIpc) is 3.70. The Hall–Kier alpha value is -3.15. The number of ether oxygens (including phenoxy) is 2. The molecule has 0 saturated carbocycles. The molecule has 84 heavy (non-hydrogen) atoms. The van der Waals surface area contributed by atoms with E-state index < -0.39 is 49.5 Å². The maximum Gasteiger partial charge on any atom is 0.220 e. The molecule has 7 atom stereocenters. The van der Waals surface area contributed by atoms with E-state index in [1.54, 1.807) is 6.08 Å². The minimum absolute atomic E-state index is 0.178. The van der Waals surface area contributed by atoms with Crippen molar-refractivity contribution in [3.05, 3.63) is 109 Å². The summed E-state index contributed by atoms with van der Waals surface area (Å²) in [4.78, 5) is 13.1. The second-order valence-corrected chi connectivity index (χ2v) is 23.9. The van der Waals surface area contributed by atoms with Crippen molar-refractivity contribution in [2.24, 2.45) is 0 Å². The van der Waals surface area contributed by atoms with Gasteiger partial charge in [0, 0.05) is 6.42 Å². The molecule has 0 aromatic rings. The summed E-state index contributed by atoms with van der Waals surface area (Å²) in [5, 5.41) is 54.8. The van der Waals surface area contributed by atoms with E-state index in [4.69, 9.17) is 9.47 Å². The predicted molar refractivity (Wildman–Crippen MR) is 359 cm³/mol. The molecule has 484 valence electrons. The molecule has 0 bridgehead atoms. The average molecular weight is 1170 g/mol. The van der Waals surface area contributed by atoms with Crippen molar-refractivity contribution in [3.63, 3.8) is 0 Å². The Morgan fingerprint density at radius 2 is 0.738 bits per heavy atom. The molecular formula is C75H131NO8. The molecule has 1 aliphatic rings. The van der Waals surface area contributed by atoms with Crippen LogP contribution in [-0.2, 0) is 14.3 Å². The number of amides is 1.